The fraction of sp³-hybridized carbons (Fsp3) is 0.467. The molecule has 112 valence electrons. The Morgan fingerprint density at radius 2 is 2.00 bits per heavy atom. The monoisotopic (exact) mass is 291 g/mol. The van der Waals surface area contributed by atoms with Gasteiger partial charge in [-0.3, -0.25) is 4.79 Å². The molecule has 0 saturated carbocycles. The third-order valence-electron chi connectivity index (χ3n) is 3.93. The minimum Gasteiger partial charge on any atom is -0.467 e. The van der Waals surface area contributed by atoms with Crippen LogP contribution in [-0.4, -0.2) is 48.4 Å². The quantitative estimate of drug-likeness (QED) is 0.767. The number of nitrogens with zero attached hydrogens (tertiary/aromatic N) is 1. The zero-order chi connectivity index (χ0) is 15.0. The highest BCUT2D eigenvalue weighted by atomic mass is 16.8. The summed E-state index contributed by atoms with van der Waals surface area (Å²) in [6, 6.07) is 9.42. The average molecular weight is 291 g/mol. The van der Waals surface area contributed by atoms with Crippen molar-refractivity contribution in [2.75, 3.05) is 7.11 Å². The van der Waals surface area contributed by atoms with Crippen LogP contribution in [0, 0.1) is 0 Å². The molecule has 1 aromatic rings. The summed E-state index contributed by atoms with van der Waals surface area (Å²) in [5.74, 6) is -0.766. The first-order valence-electron chi connectivity index (χ1n) is 6.85. The molecule has 0 aliphatic carbocycles. The predicted molar refractivity (Wildman–Crippen MR) is 72.0 cm³/mol. The largest absolute Gasteiger partial charge is 0.467 e. The van der Waals surface area contributed by atoms with E-state index in [-0.39, 0.29) is 11.9 Å². The standard InChI is InChI=1S/C15H17NO5/c1-9-11-12(14(18)19-2)21-15(20-11)13(17)16(9)8-10-6-4-3-5-7-10/h3-7,9,11-12,15H,8H2,1-2H3/t9-,11+,12-,15-/m1/s1. The van der Waals surface area contributed by atoms with Gasteiger partial charge in [0.1, 0.15) is 6.10 Å². The highest BCUT2D eigenvalue weighted by Gasteiger charge is 2.54. The molecule has 21 heavy (non-hydrogen) atoms. The van der Waals surface area contributed by atoms with Gasteiger partial charge in [-0.15, -0.1) is 0 Å². The third kappa shape index (κ3) is 2.41. The highest BCUT2D eigenvalue weighted by Crippen LogP contribution is 2.32. The van der Waals surface area contributed by atoms with E-state index in [0.29, 0.717) is 6.54 Å². The predicted octanol–water partition coefficient (Wildman–Crippen LogP) is 0.700. The normalized spacial score (nSPS) is 31.3. The molecule has 1 aromatic carbocycles. The number of rotatable bonds is 3. The SMILES string of the molecule is COC(=O)[C@@H]1O[C@H]2O[C@H]1[C@@H](C)N(Cc1ccccc1)C2=O. The second-order valence-corrected chi connectivity index (χ2v) is 5.20. The smallest absolute Gasteiger partial charge is 0.337 e. The van der Waals surface area contributed by atoms with Gasteiger partial charge in [0.15, 0.2) is 6.10 Å². The van der Waals surface area contributed by atoms with Gasteiger partial charge in [0.2, 0.25) is 6.29 Å². The Labute approximate surface area is 122 Å². The molecule has 2 aliphatic rings. The number of carbonyl (C=O) groups excluding carboxylic acids is 2. The van der Waals surface area contributed by atoms with Crippen molar-refractivity contribution in [3.63, 3.8) is 0 Å². The van der Waals surface area contributed by atoms with Crippen molar-refractivity contribution in [2.24, 2.45) is 0 Å². The first-order chi connectivity index (χ1) is 10.1. The number of amides is 1. The van der Waals surface area contributed by atoms with Crippen molar-refractivity contribution in [1.82, 2.24) is 4.90 Å². The van der Waals surface area contributed by atoms with Gasteiger partial charge < -0.3 is 19.1 Å². The second kappa shape index (κ2) is 5.46. The van der Waals surface area contributed by atoms with Gasteiger partial charge in [0.25, 0.3) is 5.91 Å². The average Bonchev–Trinajstić information content (AvgIpc) is 2.92. The summed E-state index contributed by atoms with van der Waals surface area (Å²) in [5.41, 5.74) is 1.02. The molecule has 2 aliphatic heterocycles. The Balaban J connectivity index is 1.81. The van der Waals surface area contributed by atoms with E-state index < -0.39 is 24.5 Å². The Bertz CT molecular complexity index is 546. The number of esters is 1. The molecule has 4 atom stereocenters. The molecule has 2 fully saturated rings. The Morgan fingerprint density at radius 1 is 1.29 bits per heavy atom. The number of methoxy groups -OCH3 is 1. The van der Waals surface area contributed by atoms with Crippen molar-refractivity contribution in [2.45, 2.75) is 38.0 Å². The van der Waals surface area contributed by atoms with Crippen LogP contribution in [0.1, 0.15) is 12.5 Å². The number of hydrogen-bond donors (Lipinski definition) is 0. The molecule has 6 heteroatoms. The van der Waals surface area contributed by atoms with Gasteiger partial charge in [0.05, 0.1) is 13.2 Å². The van der Waals surface area contributed by atoms with Crippen LogP contribution in [0.15, 0.2) is 30.3 Å². The molecule has 0 radical (unpaired) electrons. The fourth-order valence-electron chi connectivity index (χ4n) is 2.76. The summed E-state index contributed by atoms with van der Waals surface area (Å²) in [7, 11) is 1.29. The molecule has 2 heterocycles. The van der Waals surface area contributed by atoms with Crippen molar-refractivity contribution < 1.29 is 23.8 Å². The Kier molecular flexibility index (Phi) is 3.65. The lowest BCUT2D eigenvalue weighted by molar-refractivity contribution is -0.178. The van der Waals surface area contributed by atoms with E-state index in [0.717, 1.165) is 5.56 Å². The van der Waals surface area contributed by atoms with Gasteiger partial charge >= 0.3 is 5.97 Å². The molecule has 0 unspecified atom stereocenters. The zero-order valence-electron chi connectivity index (χ0n) is 11.9. The maximum atomic E-state index is 12.4. The van der Waals surface area contributed by atoms with E-state index in [1.807, 2.05) is 37.3 Å². The topological polar surface area (TPSA) is 65.1 Å². The maximum Gasteiger partial charge on any atom is 0.337 e. The molecule has 0 N–H and O–H groups in total. The maximum absolute atomic E-state index is 12.4. The number of carbonyl (C=O) groups is 2. The van der Waals surface area contributed by atoms with E-state index in [9.17, 15) is 9.59 Å². The van der Waals surface area contributed by atoms with Crippen LogP contribution in [0.2, 0.25) is 0 Å². The number of fused-ring (bicyclic) bond motifs is 2. The van der Waals surface area contributed by atoms with Gasteiger partial charge in [-0.05, 0) is 12.5 Å². The molecular weight excluding hydrogens is 274 g/mol. The molecule has 6 nitrogen and oxygen atoms in total. The van der Waals surface area contributed by atoms with Crippen molar-refractivity contribution in [3.8, 4) is 0 Å². The van der Waals surface area contributed by atoms with E-state index in [4.69, 9.17) is 14.2 Å². The zero-order valence-corrected chi connectivity index (χ0v) is 11.9. The van der Waals surface area contributed by atoms with Crippen LogP contribution in [0.4, 0.5) is 0 Å². The minimum absolute atomic E-state index is 0.256. The molecular formula is C15H17NO5. The highest BCUT2D eigenvalue weighted by molar-refractivity contribution is 5.84. The summed E-state index contributed by atoms with van der Waals surface area (Å²) in [5, 5.41) is 0. The summed E-state index contributed by atoms with van der Waals surface area (Å²) in [6.45, 7) is 2.32. The summed E-state index contributed by atoms with van der Waals surface area (Å²) < 4.78 is 15.6. The minimum atomic E-state index is -1.01. The third-order valence-corrected chi connectivity index (χ3v) is 3.93. The molecule has 0 spiro atoms. The lowest BCUT2D eigenvalue weighted by atomic mass is 10.0. The van der Waals surface area contributed by atoms with Crippen LogP contribution in [0.5, 0.6) is 0 Å². The molecule has 1 amide bonds. The number of hydrogen-bond acceptors (Lipinski definition) is 5. The van der Waals surface area contributed by atoms with Crippen LogP contribution < -0.4 is 0 Å². The van der Waals surface area contributed by atoms with Crippen molar-refractivity contribution in [1.29, 1.82) is 0 Å². The van der Waals surface area contributed by atoms with Gasteiger partial charge in [-0.25, -0.2) is 4.79 Å². The van der Waals surface area contributed by atoms with Crippen LogP contribution >= 0.6 is 0 Å². The van der Waals surface area contributed by atoms with Gasteiger partial charge in [-0.1, -0.05) is 30.3 Å². The Hall–Kier alpha value is -1.92. The lowest BCUT2D eigenvalue weighted by Gasteiger charge is -2.36. The summed E-state index contributed by atoms with van der Waals surface area (Å²) in [4.78, 5) is 25.8. The lowest BCUT2D eigenvalue weighted by Crippen LogP contribution is -2.54. The molecule has 2 saturated heterocycles. The van der Waals surface area contributed by atoms with Gasteiger partial charge in [0, 0.05) is 6.54 Å². The number of ether oxygens (including phenoxy) is 3. The summed E-state index contributed by atoms with van der Waals surface area (Å²) in [6.07, 6.45) is -2.36. The molecule has 2 bridgehead atoms. The van der Waals surface area contributed by atoms with Crippen LogP contribution in [0.25, 0.3) is 0 Å². The van der Waals surface area contributed by atoms with Crippen molar-refractivity contribution >= 4 is 11.9 Å². The van der Waals surface area contributed by atoms with E-state index in [1.54, 1.807) is 4.90 Å². The van der Waals surface area contributed by atoms with Crippen molar-refractivity contribution in [3.05, 3.63) is 35.9 Å². The fourth-order valence-corrected chi connectivity index (χ4v) is 2.76. The van der Waals surface area contributed by atoms with Crippen LogP contribution in [-0.2, 0) is 30.3 Å². The molecule has 3 rings (SSSR count). The number of benzene rings is 1. The first kappa shape index (κ1) is 14.0. The summed E-state index contributed by atoms with van der Waals surface area (Å²) >= 11 is 0. The van der Waals surface area contributed by atoms with E-state index in [1.165, 1.54) is 7.11 Å². The second-order valence-electron chi connectivity index (χ2n) is 5.20. The Morgan fingerprint density at radius 3 is 2.67 bits per heavy atom. The number of morpholine rings is 1. The molecule has 0 aromatic heterocycles. The van der Waals surface area contributed by atoms with E-state index >= 15 is 0 Å². The van der Waals surface area contributed by atoms with Crippen LogP contribution in [0.3, 0.4) is 0 Å². The first-order valence-corrected chi connectivity index (χ1v) is 6.85. The van der Waals surface area contributed by atoms with E-state index in [2.05, 4.69) is 0 Å². The van der Waals surface area contributed by atoms with Gasteiger partial charge in [-0.2, -0.15) is 0 Å².